The highest BCUT2D eigenvalue weighted by atomic mass is 15.3. The Balaban J connectivity index is 2.12. The van der Waals surface area contributed by atoms with Crippen molar-refractivity contribution in [2.24, 2.45) is 12.9 Å². The summed E-state index contributed by atoms with van der Waals surface area (Å²) in [6.07, 6.45) is 2.76. The minimum absolute atomic E-state index is 0.0589. The van der Waals surface area contributed by atoms with E-state index in [9.17, 15) is 0 Å². The standard InChI is InChI=1S/C12H16N4/c1-16-8-7-11(15-16)12(14-13)9-10-5-3-2-4-6-10/h2-8,12,14H,9,13H2,1H3. The Bertz CT molecular complexity index is 435. The van der Waals surface area contributed by atoms with E-state index in [2.05, 4.69) is 22.7 Å². The molecule has 3 N–H and O–H groups in total. The summed E-state index contributed by atoms with van der Waals surface area (Å²) in [5.41, 5.74) is 5.02. The van der Waals surface area contributed by atoms with E-state index in [1.165, 1.54) is 5.56 Å². The maximum Gasteiger partial charge on any atom is 0.0810 e. The number of nitrogens with two attached hydrogens (primary N) is 1. The normalized spacial score (nSPS) is 12.6. The quantitative estimate of drug-likeness (QED) is 0.596. The molecule has 1 aromatic heterocycles. The molecule has 0 saturated heterocycles. The molecule has 4 nitrogen and oxygen atoms in total. The first kappa shape index (κ1) is 10.9. The fourth-order valence-corrected chi connectivity index (χ4v) is 1.72. The van der Waals surface area contributed by atoms with Crippen molar-refractivity contribution in [3.63, 3.8) is 0 Å². The number of aryl methyl sites for hydroxylation is 1. The van der Waals surface area contributed by atoms with Crippen LogP contribution in [0.5, 0.6) is 0 Å². The lowest BCUT2D eigenvalue weighted by molar-refractivity contribution is 0.529. The van der Waals surface area contributed by atoms with Gasteiger partial charge in [-0.05, 0) is 18.1 Å². The van der Waals surface area contributed by atoms with E-state index >= 15 is 0 Å². The Kier molecular flexibility index (Phi) is 3.34. The summed E-state index contributed by atoms with van der Waals surface area (Å²) in [5.74, 6) is 5.56. The van der Waals surface area contributed by atoms with Crippen LogP contribution in [0, 0.1) is 0 Å². The van der Waals surface area contributed by atoms with Gasteiger partial charge >= 0.3 is 0 Å². The van der Waals surface area contributed by atoms with Gasteiger partial charge in [0.1, 0.15) is 0 Å². The monoisotopic (exact) mass is 216 g/mol. The lowest BCUT2D eigenvalue weighted by Crippen LogP contribution is -2.30. The first-order chi connectivity index (χ1) is 7.79. The maximum atomic E-state index is 5.56. The molecule has 4 heteroatoms. The number of rotatable bonds is 4. The molecule has 2 aromatic rings. The lowest BCUT2D eigenvalue weighted by atomic mass is 10.0. The molecule has 0 saturated carbocycles. The predicted molar refractivity (Wildman–Crippen MR) is 63.4 cm³/mol. The predicted octanol–water partition coefficient (Wildman–Crippen LogP) is 1.17. The summed E-state index contributed by atoms with van der Waals surface area (Å²) in [5, 5.41) is 4.35. The number of nitrogens with zero attached hydrogens (tertiary/aromatic N) is 2. The molecule has 1 atom stereocenters. The van der Waals surface area contributed by atoms with Gasteiger partial charge in [-0.1, -0.05) is 30.3 Å². The van der Waals surface area contributed by atoms with Gasteiger partial charge < -0.3 is 0 Å². The highest BCUT2D eigenvalue weighted by molar-refractivity contribution is 5.18. The fourth-order valence-electron chi connectivity index (χ4n) is 1.72. The van der Waals surface area contributed by atoms with Crippen molar-refractivity contribution in [1.82, 2.24) is 15.2 Å². The Hall–Kier alpha value is -1.65. The summed E-state index contributed by atoms with van der Waals surface area (Å²) in [6, 6.07) is 12.3. The molecular formula is C12H16N4. The molecule has 0 aliphatic heterocycles. The lowest BCUT2D eigenvalue weighted by Gasteiger charge is -2.13. The zero-order chi connectivity index (χ0) is 11.4. The van der Waals surface area contributed by atoms with Crippen molar-refractivity contribution in [2.45, 2.75) is 12.5 Å². The van der Waals surface area contributed by atoms with Crippen molar-refractivity contribution in [3.8, 4) is 0 Å². The molecule has 0 aliphatic rings. The number of nitrogens with one attached hydrogen (secondary N) is 1. The first-order valence-electron chi connectivity index (χ1n) is 5.29. The minimum Gasteiger partial charge on any atom is -0.275 e. The summed E-state index contributed by atoms with van der Waals surface area (Å²) >= 11 is 0. The molecule has 0 amide bonds. The molecule has 84 valence electrons. The van der Waals surface area contributed by atoms with E-state index in [0.717, 1.165) is 12.1 Å². The molecule has 0 spiro atoms. The largest absolute Gasteiger partial charge is 0.275 e. The van der Waals surface area contributed by atoms with Gasteiger partial charge in [-0.3, -0.25) is 16.0 Å². The van der Waals surface area contributed by atoms with Crippen LogP contribution >= 0.6 is 0 Å². The minimum atomic E-state index is 0.0589. The second-order valence-corrected chi connectivity index (χ2v) is 3.82. The second-order valence-electron chi connectivity index (χ2n) is 3.82. The van der Waals surface area contributed by atoms with Gasteiger partial charge in [-0.2, -0.15) is 5.10 Å². The van der Waals surface area contributed by atoms with Crippen LogP contribution in [0.2, 0.25) is 0 Å². The van der Waals surface area contributed by atoms with Crippen LogP contribution in [-0.4, -0.2) is 9.78 Å². The van der Waals surface area contributed by atoms with E-state index in [0.29, 0.717) is 0 Å². The topological polar surface area (TPSA) is 55.9 Å². The summed E-state index contributed by atoms with van der Waals surface area (Å²) in [7, 11) is 1.90. The van der Waals surface area contributed by atoms with Gasteiger partial charge in [-0.15, -0.1) is 0 Å². The third-order valence-electron chi connectivity index (χ3n) is 2.58. The molecule has 0 bridgehead atoms. The van der Waals surface area contributed by atoms with Crippen molar-refractivity contribution >= 4 is 0 Å². The number of hydrazine groups is 1. The van der Waals surface area contributed by atoms with Crippen LogP contribution in [0.1, 0.15) is 17.3 Å². The molecule has 1 heterocycles. The Morgan fingerprint density at radius 1 is 1.31 bits per heavy atom. The fraction of sp³-hybridized carbons (Fsp3) is 0.250. The summed E-state index contributed by atoms with van der Waals surface area (Å²) in [6.45, 7) is 0. The van der Waals surface area contributed by atoms with Gasteiger partial charge in [-0.25, -0.2) is 0 Å². The van der Waals surface area contributed by atoms with E-state index in [-0.39, 0.29) is 6.04 Å². The Morgan fingerprint density at radius 2 is 2.06 bits per heavy atom. The molecule has 0 fully saturated rings. The molecule has 16 heavy (non-hydrogen) atoms. The smallest absolute Gasteiger partial charge is 0.0810 e. The van der Waals surface area contributed by atoms with Crippen molar-refractivity contribution in [3.05, 3.63) is 53.9 Å². The summed E-state index contributed by atoms with van der Waals surface area (Å²) < 4.78 is 1.78. The highest BCUT2D eigenvalue weighted by Gasteiger charge is 2.12. The van der Waals surface area contributed by atoms with E-state index in [1.807, 2.05) is 37.5 Å². The Morgan fingerprint density at radius 3 is 2.62 bits per heavy atom. The third-order valence-corrected chi connectivity index (χ3v) is 2.58. The first-order valence-corrected chi connectivity index (χ1v) is 5.29. The van der Waals surface area contributed by atoms with E-state index in [4.69, 9.17) is 5.84 Å². The molecule has 0 radical (unpaired) electrons. The summed E-state index contributed by atoms with van der Waals surface area (Å²) in [4.78, 5) is 0. The number of benzene rings is 1. The van der Waals surface area contributed by atoms with Gasteiger partial charge in [0.2, 0.25) is 0 Å². The van der Waals surface area contributed by atoms with Gasteiger partial charge in [0.25, 0.3) is 0 Å². The second kappa shape index (κ2) is 4.92. The van der Waals surface area contributed by atoms with Crippen LogP contribution in [0.4, 0.5) is 0 Å². The maximum absolute atomic E-state index is 5.56. The van der Waals surface area contributed by atoms with E-state index in [1.54, 1.807) is 4.68 Å². The third kappa shape index (κ3) is 2.48. The van der Waals surface area contributed by atoms with Crippen molar-refractivity contribution in [1.29, 1.82) is 0 Å². The van der Waals surface area contributed by atoms with Gasteiger partial charge in [0.05, 0.1) is 11.7 Å². The average molecular weight is 216 g/mol. The van der Waals surface area contributed by atoms with Crippen molar-refractivity contribution < 1.29 is 0 Å². The molecular weight excluding hydrogens is 200 g/mol. The Labute approximate surface area is 95.1 Å². The van der Waals surface area contributed by atoms with Crippen molar-refractivity contribution in [2.75, 3.05) is 0 Å². The molecule has 1 unspecified atom stereocenters. The van der Waals surface area contributed by atoms with Crippen LogP contribution in [0.15, 0.2) is 42.6 Å². The number of hydrogen-bond donors (Lipinski definition) is 2. The van der Waals surface area contributed by atoms with Gasteiger partial charge in [0, 0.05) is 13.2 Å². The number of hydrogen-bond acceptors (Lipinski definition) is 3. The van der Waals surface area contributed by atoms with Crippen LogP contribution in [0.3, 0.4) is 0 Å². The molecule has 1 aromatic carbocycles. The molecule has 2 rings (SSSR count). The SMILES string of the molecule is Cn1ccc(C(Cc2ccccc2)NN)n1. The van der Waals surface area contributed by atoms with Crippen LogP contribution < -0.4 is 11.3 Å². The van der Waals surface area contributed by atoms with Crippen LogP contribution in [-0.2, 0) is 13.5 Å². The average Bonchev–Trinajstić information content (AvgIpc) is 2.74. The van der Waals surface area contributed by atoms with E-state index < -0.39 is 0 Å². The number of aromatic nitrogens is 2. The zero-order valence-electron chi connectivity index (χ0n) is 9.30. The zero-order valence-corrected chi connectivity index (χ0v) is 9.30. The van der Waals surface area contributed by atoms with Crippen LogP contribution in [0.25, 0.3) is 0 Å². The highest BCUT2D eigenvalue weighted by Crippen LogP contribution is 2.15. The van der Waals surface area contributed by atoms with Gasteiger partial charge in [0.15, 0.2) is 0 Å². The molecule has 0 aliphatic carbocycles.